The molecule has 0 saturated heterocycles. The molecule has 1 aromatic rings. The Morgan fingerprint density at radius 3 is 2.78 bits per heavy atom. The van der Waals surface area contributed by atoms with E-state index in [0.717, 1.165) is 18.5 Å². The first-order valence-electron chi connectivity index (χ1n) is 6.40. The van der Waals surface area contributed by atoms with Crippen molar-refractivity contribution in [1.29, 1.82) is 0 Å². The highest BCUT2D eigenvalue weighted by Crippen LogP contribution is 2.28. The number of carboxylic acid groups (broad SMARTS) is 1. The molecule has 3 nitrogen and oxygen atoms in total. The number of carboxylic acids is 1. The van der Waals surface area contributed by atoms with Crippen molar-refractivity contribution in [2.75, 3.05) is 0 Å². The lowest BCUT2D eigenvalue weighted by Crippen LogP contribution is -2.23. The van der Waals surface area contributed by atoms with E-state index in [9.17, 15) is 9.90 Å². The minimum atomic E-state index is -0.780. The summed E-state index contributed by atoms with van der Waals surface area (Å²) in [7, 11) is 0. The summed E-state index contributed by atoms with van der Waals surface area (Å²) in [6.45, 7) is 2.86. The van der Waals surface area contributed by atoms with Crippen molar-refractivity contribution in [3.05, 3.63) is 47.2 Å². The minimum absolute atomic E-state index is 0.559. The summed E-state index contributed by atoms with van der Waals surface area (Å²) in [6, 6.07) is 10.1. The van der Waals surface area contributed by atoms with Crippen LogP contribution < -0.4 is 5.32 Å². The van der Waals surface area contributed by atoms with Crippen LogP contribution in [0.2, 0.25) is 0 Å². The second kappa shape index (κ2) is 5.71. The zero-order valence-corrected chi connectivity index (χ0v) is 10.6. The third-order valence-electron chi connectivity index (χ3n) is 3.41. The summed E-state index contributed by atoms with van der Waals surface area (Å²) in [5.74, 6) is -0.219. The van der Waals surface area contributed by atoms with Gasteiger partial charge in [0.25, 0.3) is 0 Å². The van der Waals surface area contributed by atoms with Gasteiger partial charge in [0.2, 0.25) is 0 Å². The number of carbonyl (C=O) groups is 1. The molecule has 0 saturated carbocycles. The zero-order valence-electron chi connectivity index (χ0n) is 10.6. The van der Waals surface area contributed by atoms with E-state index in [-0.39, 0.29) is 0 Å². The van der Waals surface area contributed by atoms with Crippen LogP contribution in [0.5, 0.6) is 0 Å². The third-order valence-corrected chi connectivity index (χ3v) is 3.41. The third kappa shape index (κ3) is 3.13. The van der Waals surface area contributed by atoms with Crippen LogP contribution in [0.3, 0.4) is 0 Å². The van der Waals surface area contributed by atoms with Crippen LogP contribution >= 0.6 is 0 Å². The first-order valence-corrected chi connectivity index (χ1v) is 6.40. The fourth-order valence-corrected chi connectivity index (χ4v) is 2.33. The number of allylic oxidation sites excluding steroid dienone is 1. The molecule has 1 aliphatic carbocycles. The monoisotopic (exact) mass is 245 g/mol. The van der Waals surface area contributed by atoms with Crippen molar-refractivity contribution in [3.8, 4) is 0 Å². The molecule has 0 bridgehead atoms. The van der Waals surface area contributed by atoms with E-state index in [1.165, 1.54) is 5.56 Å². The molecule has 1 atom stereocenters. The number of rotatable bonds is 4. The maximum absolute atomic E-state index is 11.2. The molecule has 0 aliphatic heterocycles. The molecule has 1 aliphatic rings. The second-order valence-corrected chi connectivity index (χ2v) is 4.95. The topological polar surface area (TPSA) is 49.3 Å². The Hall–Kier alpha value is -1.77. The lowest BCUT2D eigenvalue weighted by Gasteiger charge is -2.24. The molecule has 0 heterocycles. The molecule has 3 heteroatoms. The highest BCUT2D eigenvalue weighted by atomic mass is 16.4. The van der Waals surface area contributed by atoms with Gasteiger partial charge in [0.05, 0.1) is 5.57 Å². The highest BCUT2D eigenvalue weighted by Gasteiger charge is 2.22. The van der Waals surface area contributed by atoms with Gasteiger partial charge < -0.3 is 10.4 Å². The molecule has 18 heavy (non-hydrogen) atoms. The van der Waals surface area contributed by atoms with Gasteiger partial charge in [-0.1, -0.05) is 37.3 Å². The van der Waals surface area contributed by atoms with E-state index in [1.54, 1.807) is 0 Å². The van der Waals surface area contributed by atoms with Crippen molar-refractivity contribution in [1.82, 2.24) is 5.32 Å². The van der Waals surface area contributed by atoms with Crippen molar-refractivity contribution in [2.45, 2.75) is 32.7 Å². The van der Waals surface area contributed by atoms with Gasteiger partial charge in [0.15, 0.2) is 0 Å². The van der Waals surface area contributed by atoms with Gasteiger partial charge in [-0.15, -0.1) is 0 Å². The second-order valence-electron chi connectivity index (χ2n) is 4.95. The van der Waals surface area contributed by atoms with Crippen molar-refractivity contribution in [2.24, 2.45) is 5.92 Å². The van der Waals surface area contributed by atoms with Crippen LogP contribution in [0.1, 0.15) is 31.7 Å². The number of benzene rings is 1. The Morgan fingerprint density at radius 2 is 2.11 bits per heavy atom. The maximum atomic E-state index is 11.2. The molecule has 0 fully saturated rings. The summed E-state index contributed by atoms with van der Waals surface area (Å²) in [4.78, 5) is 11.2. The first kappa shape index (κ1) is 12.7. The fraction of sp³-hybridized carbons (Fsp3) is 0.400. The molecular weight excluding hydrogens is 226 g/mol. The lowest BCUT2D eigenvalue weighted by atomic mass is 9.88. The first-order chi connectivity index (χ1) is 8.66. The Bertz CT molecular complexity index is 451. The van der Waals surface area contributed by atoms with E-state index in [2.05, 4.69) is 12.2 Å². The predicted octanol–water partition coefficient (Wildman–Crippen LogP) is 2.93. The fourth-order valence-electron chi connectivity index (χ4n) is 2.33. The molecule has 2 N–H and O–H groups in total. The van der Waals surface area contributed by atoms with Gasteiger partial charge >= 0.3 is 5.97 Å². The van der Waals surface area contributed by atoms with E-state index in [1.807, 2.05) is 30.3 Å². The van der Waals surface area contributed by atoms with Gasteiger partial charge in [0.1, 0.15) is 0 Å². The Kier molecular flexibility index (Phi) is 4.03. The number of hydrogen-bond donors (Lipinski definition) is 2. The standard InChI is InChI=1S/C15H19NO2/c1-11-7-8-13(15(17)18)14(9-11)16-10-12-5-3-2-4-6-12/h2-6,11,16H,7-10H2,1H3,(H,17,18). The quantitative estimate of drug-likeness (QED) is 0.857. The number of hydrogen-bond acceptors (Lipinski definition) is 2. The van der Waals surface area contributed by atoms with Crippen molar-refractivity contribution in [3.63, 3.8) is 0 Å². The largest absolute Gasteiger partial charge is 0.478 e. The number of aliphatic carboxylic acids is 1. The summed E-state index contributed by atoms with van der Waals surface area (Å²) < 4.78 is 0. The van der Waals surface area contributed by atoms with Crippen LogP contribution in [-0.4, -0.2) is 11.1 Å². The van der Waals surface area contributed by atoms with E-state index >= 15 is 0 Å². The molecule has 1 aromatic carbocycles. The van der Waals surface area contributed by atoms with Gasteiger partial charge in [0, 0.05) is 12.2 Å². The SMILES string of the molecule is CC1CCC(C(=O)O)=C(NCc2ccccc2)C1. The predicted molar refractivity (Wildman–Crippen MR) is 71.0 cm³/mol. The average molecular weight is 245 g/mol. The summed E-state index contributed by atoms with van der Waals surface area (Å²) >= 11 is 0. The minimum Gasteiger partial charge on any atom is -0.478 e. The van der Waals surface area contributed by atoms with E-state index < -0.39 is 5.97 Å². The molecule has 2 rings (SSSR count). The molecule has 96 valence electrons. The van der Waals surface area contributed by atoms with Crippen LogP contribution in [0.25, 0.3) is 0 Å². The smallest absolute Gasteiger partial charge is 0.333 e. The molecule has 0 spiro atoms. The zero-order chi connectivity index (χ0) is 13.0. The molecule has 0 amide bonds. The van der Waals surface area contributed by atoms with E-state index in [4.69, 9.17) is 0 Å². The van der Waals surface area contributed by atoms with Crippen LogP contribution in [0.4, 0.5) is 0 Å². The summed E-state index contributed by atoms with van der Waals surface area (Å²) in [5, 5.41) is 12.5. The summed E-state index contributed by atoms with van der Waals surface area (Å²) in [6.07, 6.45) is 2.49. The summed E-state index contributed by atoms with van der Waals surface area (Å²) in [5.41, 5.74) is 2.64. The van der Waals surface area contributed by atoms with Crippen molar-refractivity contribution >= 4 is 5.97 Å². The maximum Gasteiger partial charge on any atom is 0.333 e. The van der Waals surface area contributed by atoms with Gasteiger partial charge in [-0.05, 0) is 30.7 Å². The molecule has 1 unspecified atom stereocenters. The Balaban J connectivity index is 2.07. The molecule has 0 aromatic heterocycles. The van der Waals surface area contributed by atoms with Crippen LogP contribution in [0, 0.1) is 5.92 Å². The van der Waals surface area contributed by atoms with Crippen molar-refractivity contribution < 1.29 is 9.90 Å². The van der Waals surface area contributed by atoms with Crippen LogP contribution in [-0.2, 0) is 11.3 Å². The number of nitrogens with one attached hydrogen (secondary N) is 1. The lowest BCUT2D eigenvalue weighted by molar-refractivity contribution is -0.133. The molecular formula is C15H19NO2. The Labute approximate surface area is 108 Å². The van der Waals surface area contributed by atoms with Gasteiger partial charge in [-0.2, -0.15) is 0 Å². The van der Waals surface area contributed by atoms with Crippen LogP contribution in [0.15, 0.2) is 41.6 Å². The normalized spacial score (nSPS) is 19.7. The van der Waals surface area contributed by atoms with Gasteiger partial charge in [-0.25, -0.2) is 4.79 Å². The Morgan fingerprint density at radius 1 is 1.39 bits per heavy atom. The van der Waals surface area contributed by atoms with E-state index in [0.29, 0.717) is 24.5 Å². The average Bonchev–Trinajstić information content (AvgIpc) is 2.37. The molecule has 0 radical (unpaired) electrons. The highest BCUT2D eigenvalue weighted by molar-refractivity contribution is 5.87. The van der Waals surface area contributed by atoms with Gasteiger partial charge in [-0.3, -0.25) is 0 Å².